The fourth-order valence-corrected chi connectivity index (χ4v) is 3.17. The number of ether oxygens (including phenoxy) is 2. The zero-order valence-corrected chi connectivity index (χ0v) is 16.4. The smallest absolute Gasteiger partial charge is 0.437 e. The van der Waals surface area contributed by atoms with Gasteiger partial charge in [0.25, 0.3) is 5.69 Å². The molecule has 0 amide bonds. The van der Waals surface area contributed by atoms with E-state index in [2.05, 4.69) is 20.3 Å². The number of rotatable bonds is 5. The number of dihydropyridines is 1. The van der Waals surface area contributed by atoms with Gasteiger partial charge in [0.05, 0.1) is 29.2 Å². The summed E-state index contributed by atoms with van der Waals surface area (Å²) in [5.74, 6) is 0.219. The van der Waals surface area contributed by atoms with Crippen LogP contribution in [0.15, 0.2) is 45.8 Å². The third-order valence-electron chi connectivity index (χ3n) is 4.47. The molecule has 0 saturated carbocycles. The van der Waals surface area contributed by atoms with E-state index < -0.39 is 17.0 Å². The Morgan fingerprint density at radius 3 is 2.69 bits per heavy atom. The van der Waals surface area contributed by atoms with Crippen LogP contribution in [-0.2, 0) is 15.9 Å². The van der Waals surface area contributed by atoms with Gasteiger partial charge in [-0.15, -0.1) is 10.2 Å². The lowest BCUT2D eigenvalue weighted by atomic mass is 9.84. The maximum Gasteiger partial charge on any atom is 0.513 e. The molecule has 1 atom stereocenters. The standard InChI is InChI=1S/C19H20N4O6/c1-5-14-21-22-18(28-14)15-10(2)20-11(3)17(29-19(24)27-4)16(15)12-7-6-8-13(9-12)23(25)26/h6-9,16,20H,5H2,1-4H3. The van der Waals surface area contributed by atoms with E-state index in [4.69, 9.17) is 9.15 Å². The van der Waals surface area contributed by atoms with Gasteiger partial charge in [0, 0.05) is 24.3 Å². The Morgan fingerprint density at radius 1 is 1.31 bits per heavy atom. The first-order chi connectivity index (χ1) is 13.8. The number of nitro benzene ring substituents is 1. The fourth-order valence-electron chi connectivity index (χ4n) is 3.17. The molecule has 1 aliphatic heterocycles. The van der Waals surface area contributed by atoms with E-state index in [1.54, 1.807) is 19.1 Å². The highest BCUT2D eigenvalue weighted by Gasteiger charge is 2.36. The van der Waals surface area contributed by atoms with Gasteiger partial charge < -0.3 is 19.2 Å². The van der Waals surface area contributed by atoms with Crippen LogP contribution < -0.4 is 5.32 Å². The number of non-ortho nitro benzene ring substituents is 1. The van der Waals surface area contributed by atoms with Crippen LogP contribution in [0.2, 0.25) is 0 Å². The first kappa shape index (κ1) is 20.1. The van der Waals surface area contributed by atoms with Crippen LogP contribution >= 0.6 is 0 Å². The van der Waals surface area contributed by atoms with Crippen LogP contribution in [0, 0.1) is 10.1 Å². The monoisotopic (exact) mass is 400 g/mol. The Kier molecular flexibility index (Phi) is 5.62. The number of carbonyl (C=O) groups excluding carboxylic acids is 1. The van der Waals surface area contributed by atoms with Crippen molar-refractivity contribution in [2.75, 3.05) is 7.11 Å². The molecular formula is C19H20N4O6. The summed E-state index contributed by atoms with van der Waals surface area (Å²) in [5, 5.41) is 22.5. The van der Waals surface area contributed by atoms with Crippen molar-refractivity contribution in [3.63, 3.8) is 0 Å². The summed E-state index contributed by atoms with van der Waals surface area (Å²) in [7, 11) is 1.20. The van der Waals surface area contributed by atoms with Crippen LogP contribution in [0.3, 0.4) is 0 Å². The molecule has 0 spiro atoms. The number of nitrogens with zero attached hydrogens (tertiary/aromatic N) is 3. The van der Waals surface area contributed by atoms with E-state index in [0.717, 1.165) is 0 Å². The first-order valence-electron chi connectivity index (χ1n) is 8.87. The molecule has 0 fully saturated rings. The summed E-state index contributed by atoms with van der Waals surface area (Å²) in [4.78, 5) is 22.7. The highest BCUT2D eigenvalue weighted by Crippen LogP contribution is 2.44. The minimum Gasteiger partial charge on any atom is -0.437 e. The van der Waals surface area contributed by atoms with Crippen LogP contribution in [0.1, 0.15) is 44.0 Å². The minimum atomic E-state index is -0.907. The van der Waals surface area contributed by atoms with Crippen LogP contribution in [0.5, 0.6) is 0 Å². The van der Waals surface area contributed by atoms with Gasteiger partial charge >= 0.3 is 6.16 Å². The van der Waals surface area contributed by atoms with E-state index in [1.807, 2.05) is 13.8 Å². The van der Waals surface area contributed by atoms with Crippen molar-refractivity contribution < 1.29 is 23.6 Å². The molecule has 0 bridgehead atoms. The molecule has 2 aromatic rings. The van der Waals surface area contributed by atoms with Crippen molar-refractivity contribution in [2.24, 2.45) is 0 Å². The number of hydrogen-bond donors (Lipinski definition) is 1. The van der Waals surface area contributed by atoms with Gasteiger partial charge in [0.2, 0.25) is 11.8 Å². The molecule has 1 unspecified atom stereocenters. The maximum absolute atomic E-state index is 11.9. The predicted octanol–water partition coefficient (Wildman–Crippen LogP) is 3.67. The Balaban J connectivity index is 2.19. The minimum absolute atomic E-state index is 0.0899. The van der Waals surface area contributed by atoms with Crippen LogP contribution in [0.25, 0.3) is 5.57 Å². The number of carbonyl (C=O) groups is 1. The summed E-state index contributed by atoms with van der Waals surface area (Å²) in [6, 6.07) is 6.09. The summed E-state index contributed by atoms with van der Waals surface area (Å²) >= 11 is 0. The molecule has 0 radical (unpaired) electrons. The molecule has 3 rings (SSSR count). The van der Waals surface area contributed by atoms with Crippen molar-refractivity contribution in [3.8, 4) is 0 Å². The van der Waals surface area contributed by atoms with Gasteiger partial charge in [-0.2, -0.15) is 0 Å². The van der Waals surface area contributed by atoms with Crippen molar-refractivity contribution in [2.45, 2.75) is 33.1 Å². The number of allylic oxidation sites excluding steroid dienone is 3. The van der Waals surface area contributed by atoms with Crippen LogP contribution in [0.4, 0.5) is 10.5 Å². The third-order valence-corrected chi connectivity index (χ3v) is 4.47. The average Bonchev–Trinajstić information content (AvgIpc) is 3.18. The zero-order valence-electron chi connectivity index (χ0n) is 16.4. The largest absolute Gasteiger partial charge is 0.513 e. The molecule has 1 aromatic heterocycles. The Labute approximate surface area is 166 Å². The van der Waals surface area contributed by atoms with Crippen molar-refractivity contribution >= 4 is 17.4 Å². The van der Waals surface area contributed by atoms with Gasteiger partial charge in [-0.05, 0) is 19.4 Å². The third kappa shape index (κ3) is 3.96. The molecule has 1 N–H and O–H groups in total. The molecule has 10 nitrogen and oxygen atoms in total. The average molecular weight is 400 g/mol. The molecule has 0 saturated heterocycles. The highest BCUT2D eigenvalue weighted by molar-refractivity contribution is 5.75. The van der Waals surface area contributed by atoms with Gasteiger partial charge in [-0.25, -0.2) is 4.79 Å². The first-order valence-corrected chi connectivity index (χ1v) is 8.87. The Morgan fingerprint density at radius 2 is 2.07 bits per heavy atom. The Hall–Kier alpha value is -3.69. The van der Waals surface area contributed by atoms with E-state index in [9.17, 15) is 14.9 Å². The summed E-state index contributed by atoms with van der Waals surface area (Å²) in [6.45, 7) is 5.42. The molecule has 1 aromatic carbocycles. The number of nitrogens with one attached hydrogen (secondary N) is 1. The second-order valence-electron chi connectivity index (χ2n) is 6.35. The van der Waals surface area contributed by atoms with Gasteiger partial charge in [0.15, 0.2) is 0 Å². The summed E-state index contributed by atoms with van der Waals surface area (Å²) < 4.78 is 15.8. The second-order valence-corrected chi connectivity index (χ2v) is 6.35. The number of nitro groups is 1. The van der Waals surface area contributed by atoms with Gasteiger partial charge in [-0.3, -0.25) is 10.1 Å². The number of aryl methyl sites for hydroxylation is 1. The quantitative estimate of drug-likeness (QED) is 0.454. The van der Waals surface area contributed by atoms with Crippen LogP contribution in [-0.4, -0.2) is 28.4 Å². The van der Waals surface area contributed by atoms with E-state index in [1.165, 1.54) is 19.2 Å². The highest BCUT2D eigenvalue weighted by atomic mass is 16.7. The molecule has 152 valence electrons. The van der Waals surface area contributed by atoms with Gasteiger partial charge in [0.1, 0.15) is 5.76 Å². The topological polar surface area (TPSA) is 130 Å². The number of benzene rings is 1. The SMILES string of the molecule is CCc1nnc(C2=C(C)NC(C)=C(OC(=O)OC)C2c2cccc([N+](=O)[O-])c2)o1. The summed E-state index contributed by atoms with van der Waals surface area (Å²) in [5.41, 5.74) is 2.26. The maximum atomic E-state index is 11.9. The van der Waals surface area contributed by atoms with E-state index >= 15 is 0 Å². The molecular weight excluding hydrogens is 380 g/mol. The van der Waals surface area contributed by atoms with Crippen molar-refractivity contribution in [1.82, 2.24) is 15.5 Å². The molecule has 10 heteroatoms. The molecule has 0 aliphatic carbocycles. The van der Waals surface area contributed by atoms with Crippen molar-refractivity contribution in [1.29, 1.82) is 0 Å². The predicted molar refractivity (Wildman–Crippen MR) is 101 cm³/mol. The molecule has 1 aliphatic rings. The number of aromatic nitrogens is 2. The van der Waals surface area contributed by atoms with E-state index in [0.29, 0.717) is 34.8 Å². The normalized spacial score (nSPS) is 16.5. The Bertz CT molecular complexity index is 1020. The van der Waals surface area contributed by atoms with E-state index in [-0.39, 0.29) is 17.3 Å². The molecule has 29 heavy (non-hydrogen) atoms. The zero-order chi connectivity index (χ0) is 21.1. The lowest BCUT2D eigenvalue weighted by Gasteiger charge is -2.29. The lowest BCUT2D eigenvalue weighted by molar-refractivity contribution is -0.384. The molecule has 2 heterocycles. The fraction of sp³-hybridized carbons (Fsp3) is 0.316. The van der Waals surface area contributed by atoms with Gasteiger partial charge in [-0.1, -0.05) is 19.1 Å². The summed E-state index contributed by atoms with van der Waals surface area (Å²) in [6.07, 6.45) is -0.357. The second kappa shape index (κ2) is 8.13. The number of hydrogen-bond acceptors (Lipinski definition) is 9. The number of methoxy groups -OCH3 is 1. The lowest BCUT2D eigenvalue weighted by Crippen LogP contribution is -2.26. The van der Waals surface area contributed by atoms with Crippen molar-refractivity contribution in [3.05, 3.63) is 68.9 Å².